The quantitative estimate of drug-likeness (QED) is 0.882. The van der Waals surface area contributed by atoms with E-state index in [-0.39, 0.29) is 17.4 Å². The highest BCUT2D eigenvalue weighted by Gasteiger charge is 2.34. The van der Waals surface area contributed by atoms with Crippen LogP contribution in [0.15, 0.2) is 29.1 Å². The molecule has 110 valence electrons. The van der Waals surface area contributed by atoms with Gasteiger partial charge in [0.1, 0.15) is 5.69 Å². The number of aromatic nitrogens is 2. The van der Waals surface area contributed by atoms with Crippen LogP contribution in [0.3, 0.4) is 0 Å². The molecule has 0 bridgehead atoms. The first-order valence-electron chi connectivity index (χ1n) is 6.97. The summed E-state index contributed by atoms with van der Waals surface area (Å²) in [5.74, 6) is -1.06. The average Bonchev–Trinajstić information content (AvgIpc) is 2.81. The number of nitrogens with one attached hydrogen (secondary N) is 1. The molecule has 0 spiro atoms. The molecule has 2 atom stereocenters. The van der Waals surface area contributed by atoms with E-state index >= 15 is 0 Å². The summed E-state index contributed by atoms with van der Waals surface area (Å²) in [7, 11) is 0. The van der Waals surface area contributed by atoms with Crippen LogP contribution in [0.1, 0.15) is 12.6 Å². The number of para-hydroxylation sites is 2. The van der Waals surface area contributed by atoms with E-state index in [1.165, 1.54) is 0 Å². The normalized spacial score (nSPS) is 22.7. The third-order valence-electron chi connectivity index (χ3n) is 4.05. The Morgan fingerprint density at radius 1 is 1.43 bits per heavy atom. The van der Waals surface area contributed by atoms with Crippen LogP contribution in [0.5, 0.6) is 0 Å². The lowest BCUT2D eigenvalue weighted by molar-refractivity contribution is -0.142. The molecule has 1 aromatic heterocycles. The molecule has 3 rings (SSSR count). The van der Waals surface area contributed by atoms with Crippen LogP contribution in [0.4, 0.5) is 0 Å². The van der Waals surface area contributed by atoms with Gasteiger partial charge < -0.3 is 10.1 Å². The number of carbonyl (C=O) groups is 1. The van der Waals surface area contributed by atoms with Crippen molar-refractivity contribution in [1.29, 1.82) is 0 Å². The van der Waals surface area contributed by atoms with Crippen LogP contribution in [-0.2, 0) is 11.3 Å². The largest absolute Gasteiger partial charge is 0.481 e. The molecule has 21 heavy (non-hydrogen) atoms. The summed E-state index contributed by atoms with van der Waals surface area (Å²) in [5, 5.41) is 9.15. The predicted octanol–water partition coefficient (Wildman–Crippen LogP) is 1.08. The molecule has 0 saturated carbocycles. The summed E-state index contributed by atoms with van der Waals surface area (Å²) in [6, 6.07) is 7.38. The first kappa shape index (κ1) is 13.8. The van der Waals surface area contributed by atoms with Gasteiger partial charge in [-0.3, -0.25) is 14.5 Å². The Labute approximate surface area is 121 Å². The fraction of sp³-hybridized carbons (Fsp3) is 0.400. The molecule has 2 aromatic rings. The van der Waals surface area contributed by atoms with Crippen molar-refractivity contribution in [2.24, 2.45) is 11.8 Å². The number of hydrogen-bond acceptors (Lipinski definition) is 4. The van der Waals surface area contributed by atoms with Crippen molar-refractivity contribution in [2.75, 3.05) is 13.1 Å². The van der Waals surface area contributed by atoms with Gasteiger partial charge in [-0.1, -0.05) is 19.1 Å². The number of aromatic amines is 1. The van der Waals surface area contributed by atoms with Gasteiger partial charge in [0, 0.05) is 19.6 Å². The molecular weight excluding hydrogens is 270 g/mol. The molecule has 1 saturated heterocycles. The van der Waals surface area contributed by atoms with Gasteiger partial charge in [-0.2, -0.15) is 0 Å². The molecule has 0 amide bonds. The molecule has 0 aliphatic carbocycles. The molecule has 1 aliphatic heterocycles. The maximum atomic E-state index is 12.1. The maximum absolute atomic E-state index is 12.1. The first-order valence-corrected chi connectivity index (χ1v) is 6.97. The van der Waals surface area contributed by atoms with Gasteiger partial charge in [-0.15, -0.1) is 0 Å². The summed E-state index contributed by atoms with van der Waals surface area (Å²) >= 11 is 0. The van der Waals surface area contributed by atoms with Crippen molar-refractivity contribution < 1.29 is 9.90 Å². The number of carboxylic acids is 1. The minimum atomic E-state index is -0.773. The number of H-pyrrole nitrogens is 1. The number of fused-ring (bicyclic) bond motifs is 1. The highest BCUT2D eigenvalue weighted by atomic mass is 16.4. The van der Waals surface area contributed by atoms with Crippen LogP contribution in [-0.4, -0.2) is 39.0 Å². The number of aliphatic carboxylic acids is 1. The Balaban J connectivity index is 1.84. The third kappa shape index (κ3) is 2.67. The van der Waals surface area contributed by atoms with Gasteiger partial charge in [0.05, 0.1) is 17.0 Å². The molecule has 2 N–H and O–H groups in total. The van der Waals surface area contributed by atoms with Crippen LogP contribution in [0, 0.1) is 11.8 Å². The van der Waals surface area contributed by atoms with Gasteiger partial charge in [-0.05, 0) is 18.1 Å². The van der Waals surface area contributed by atoms with Crippen LogP contribution in [0.2, 0.25) is 0 Å². The van der Waals surface area contributed by atoms with Crippen LogP contribution in [0.25, 0.3) is 11.0 Å². The molecule has 1 aliphatic rings. The van der Waals surface area contributed by atoms with E-state index in [1.807, 2.05) is 36.1 Å². The summed E-state index contributed by atoms with van der Waals surface area (Å²) in [6.45, 7) is 3.44. The zero-order valence-electron chi connectivity index (χ0n) is 11.7. The standard InChI is InChI=1S/C15H17N3O3/c1-9-6-18(7-10(9)15(20)21)8-13-14(19)17-12-5-3-2-4-11(12)16-13/h2-5,9-10H,6-8H2,1H3,(H,17,19)(H,20,21)/t9-,10-/m1/s1. The second-order valence-electron chi connectivity index (χ2n) is 5.65. The van der Waals surface area contributed by atoms with Crippen molar-refractivity contribution in [3.63, 3.8) is 0 Å². The Morgan fingerprint density at radius 3 is 2.90 bits per heavy atom. The van der Waals surface area contributed by atoms with Crippen molar-refractivity contribution in [2.45, 2.75) is 13.5 Å². The molecular formula is C15H17N3O3. The number of nitrogens with zero attached hydrogens (tertiary/aromatic N) is 2. The molecule has 1 aromatic carbocycles. The zero-order chi connectivity index (χ0) is 15.0. The highest BCUT2D eigenvalue weighted by molar-refractivity contribution is 5.73. The fourth-order valence-corrected chi connectivity index (χ4v) is 2.90. The summed E-state index contributed by atoms with van der Waals surface area (Å²) in [4.78, 5) is 32.4. The van der Waals surface area contributed by atoms with Crippen LogP contribution < -0.4 is 5.56 Å². The summed E-state index contributed by atoms with van der Waals surface area (Å²) < 4.78 is 0. The van der Waals surface area contributed by atoms with E-state index in [9.17, 15) is 9.59 Å². The van der Waals surface area contributed by atoms with Gasteiger partial charge in [-0.25, -0.2) is 4.98 Å². The zero-order valence-corrected chi connectivity index (χ0v) is 11.7. The predicted molar refractivity (Wildman–Crippen MR) is 77.9 cm³/mol. The smallest absolute Gasteiger partial charge is 0.308 e. The molecule has 0 unspecified atom stereocenters. The molecule has 1 fully saturated rings. The lowest BCUT2D eigenvalue weighted by atomic mass is 9.99. The Morgan fingerprint density at radius 2 is 2.19 bits per heavy atom. The number of rotatable bonds is 3. The van der Waals surface area contributed by atoms with Crippen molar-refractivity contribution in [1.82, 2.24) is 14.9 Å². The lowest BCUT2D eigenvalue weighted by Gasteiger charge is -2.14. The topological polar surface area (TPSA) is 86.3 Å². The highest BCUT2D eigenvalue weighted by Crippen LogP contribution is 2.24. The Bertz CT molecular complexity index is 740. The minimum absolute atomic E-state index is 0.0852. The minimum Gasteiger partial charge on any atom is -0.481 e. The van der Waals surface area contributed by atoms with E-state index in [4.69, 9.17) is 5.11 Å². The van der Waals surface area contributed by atoms with Crippen molar-refractivity contribution in [3.05, 3.63) is 40.3 Å². The number of carboxylic acid groups (broad SMARTS) is 1. The lowest BCUT2D eigenvalue weighted by Crippen LogP contribution is -2.27. The molecule has 0 radical (unpaired) electrons. The number of benzene rings is 1. The van der Waals surface area contributed by atoms with Crippen molar-refractivity contribution in [3.8, 4) is 0 Å². The van der Waals surface area contributed by atoms with Crippen molar-refractivity contribution >= 4 is 17.0 Å². The van der Waals surface area contributed by atoms with Gasteiger partial charge in [0.25, 0.3) is 5.56 Å². The van der Waals surface area contributed by atoms with E-state index in [0.29, 0.717) is 30.8 Å². The second-order valence-corrected chi connectivity index (χ2v) is 5.65. The van der Waals surface area contributed by atoms with Gasteiger partial charge in [0.15, 0.2) is 0 Å². The van der Waals surface area contributed by atoms with E-state index < -0.39 is 5.97 Å². The van der Waals surface area contributed by atoms with E-state index in [1.54, 1.807) is 0 Å². The number of hydrogen-bond donors (Lipinski definition) is 2. The Hall–Kier alpha value is -2.21. The average molecular weight is 287 g/mol. The van der Waals surface area contributed by atoms with E-state index in [2.05, 4.69) is 9.97 Å². The maximum Gasteiger partial charge on any atom is 0.308 e. The Kier molecular flexibility index (Phi) is 3.47. The third-order valence-corrected chi connectivity index (χ3v) is 4.05. The molecule has 6 nitrogen and oxygen atoms in total. The SMILES string of the molecule is C[C@@H]1CN(Cc2nc3ccccc3[nH]c2=O)C[C@H]1C(=O)O. The van der Waals surface area contributed by atoms with Crippen LogP contribution >= 0.6 is 0 Å². The van der Waals surface area contributed by atoms with E-state index in [0.717, 1.165) is 5.52 Å². The fourth-order valence-electron chi connectivity index (χ4n) is 2.90. The summed E-state index contributed by atoms with van der Waals surface area (Å²) in [5.41, 5.74) is 1.69. The monoisotopic (exact) mass is 287 g/mol. The second kappa shape index (κ2) is 5.29. The van der Waals surface area contributed by atoms with Gasteiger partial charge >= 0.3 is 5.97 Å². The molecule has 6 heteroatoms. The first-order chi connectivity index (χ1) is 10.0. The van der Waals surface area contributed by atoms with Gasteiger partial charge in [0.2, 0.25) is 0 Å². The molecule has 2 heterocycles. The number of likely N-dealkylation sites (tertiary alicyclic amines) is 1. The summed E-state index contributed by atoms with van der Waals surface area (Å²) in [6.07, 6.45) is 0.